The molecule has 0 heterocycles. The van der Waals surface area contributed by atoms with Crippen molar-refractivity contribution in [3.8, 4) is 0 Å². The largest absolute Gasteiger partial charge is 0.273 e. The zero-order valence-electron chi connectivity index (χ0n) is 14.3. The maximum Gasteiger partial charge on any atom is 0.273 e. The molecule has 0 spiro atoms. The van der Waals surface area contributed by atoms with Gasteiger partial charge in [0.2, 0.25) is 0 Å². The van der Waals surface area contributed by atoms with Crippen molar-refractivity contribution in [3.63, 3.8) is 0 Å². The Morgan fingerprint density at radius 3 is 1.96 bits per heavy atom. The summed E-state index contributed by atoms with van der Waals surface area (Å²) in [4.78, 5) is 25.8. The Balaban J connectivity index is 2.40. The van der Waals surface area contributed by atoms with Crippen LogP contribution >= 0.6 is 11.6 Å². The third-order valence-electron chi connectivity index (χ3n) is 3.55. The predicted octanol–water partition coefficient (Wildman–Crippen LogP) is 4.27. The van der Waals surface area contributed by atoms with Crippen molar-refractivity contribution in [2.24, 2.45) is 0 Å². The quantitative estimate of drug-likeness (QED) is 0.763. The molecule has 0 saturated heterocycles. The maximum atomic E-state index is 13.0. The van der Waals surface area contributed by atoms with Gasteiger partial charge in [0.05, 0.1) is 16.1 Å². The van der Waals surface area contributed by atoms with Crippen LogP contribution < -0.4 is 0 Å². The molecule has 0 aliphatic rings. The number of carbonyl (C=O) groups excluding carboxylic acids is 2. The minimum atomic E-state index is -0.585. The van der Waals surface area contributed by atoms with Crippen molar-refractivity contribution in [3.05, 3.63) is 70.7 Å². The number of rotatable bonds is 2. The summed E-state index contributed by atoms with van der Waals surface area (Å²) >= 11 is 6.13. The lowest BCUT2D eigenvalue weighted by atomic mass is 10.1. The molecule has 0 bridgehead atoms. The summed E-state index contributed by atoms with van der Waals surface area (Å²) in [6.45, 7) is 5.64. The molecule has 2 amide bonds. The zero-order valence-corrected chi connectivity index (χ0v) is 15.0. The topological polar surface area (TPSA) is 40.6 Å². The monoisotopic (exact) mass is 344 g/mol. The Morgan fingerprint density at radius 1 is 0.875 bits per heavy atom. The summed E-state index contributed by atoms with van der Waals surface area (Å²) in [5.74, 6) is -0.578. The van der Waals surface area contributed by atoms with E-state index in [0.29, 0.717) is 16.1 Å². The molecule has 0 fully saturated rings. The average Bonchev–Trinajstić information content (AvgIpc) is 2.54. The molecule has 126 valence electrons. The van der Waals surface area contributed by atoms with Crippen LogP contribution in [0.15, 0.2) is 54.6 Å². The van der Waals surface area contributed by atoms with Crippen LogP contribution in [-0.2, 0) is 0 Å². The highest BCUT2D eigenvalue weighted by Crippen LogP contribution is 2.23. The van der Waals surface area contributed by atoms with Crippen molar-refractivity contribution in [1.82, 2.24) is 10.0 Å². The van der Waals surface area contributed by atoms with Gasteiger partial charge in [-0.15, -0.1) is 0 Å². The number of nitrogens with zero attached hydrogens (tertiary/aromatic N) is 2. The Morgan fingerprint density at radius 2 is 1.42 bits per heavy atom. The van der Waals surface area contributed by atoms with Crippen molar-refractivity contribution in [2.45, 2.75) is 26.3 Å². The second-order valence-corrected chi connectivity index (χ2v) is 6.87. The Kier molecular flexibility index (Phi) is 5.30. The molecular weight excluding hydrogens is 324 g/mol. The highest BCUT2D eigenvalue weighted by molar-refractivity contribution is 6.33. The Labute approximate surface area is 147 Å². The first-order valence-corrected chi connectivity index (χ1v) is 8.03. The van der Waals surface area contributed by atoms with Gasteiger partial charge in [0, 0.05) is 12.6 Å². The molecule has 0 aromatic heterocycles. The highest BCUT2D eigenvalue weighted by Gasteiger charge is 2.34. The van der Waals surface area contributed by atoms with Crippen molar-refractivity contribution >= 4 is 23.4 Å². The Hall–Kier alpha value is -2.33. The van der Waals surface area contributed by atoms with Gasteiger partial charge >= 0.3 is 0 Å². The van der Waals surface area contributed by atoms with Gasteiger partial charge in [0.15, 0.2) is 0 Å². The van der Waals surface area contributed by atoms with Gasteiger partial charge < -0.3 is 0 Å². The minimum Gasteiger partial charge on any atom is -0.267 e. The third kappa shape index (κ3) is 3.77. The van der Waals surface area contributed by atoms with Crippen LogP contribution in [0.2, 0.25) is 5.02 Å². The summed E-state index contributed by atoms with van der Waals surface area (Å²) in [5, 5.41) is 3.14. The molecule has 0 aliphatic carbocycles. The number of benzene rings is 2. The first kappa shape index (κ1) is 18.0. The summed E-state index contributed by atoms with van der Waals surface area (Å²) in [6, 6.07) is 15.7. The molecule has 4 nitrogen and oxygen atoms in total. The van der Waals surface area contributed by atoms with E-state index in [1.54, 1.807) is 55.6 Å². The molecule has 5 heteroatoms. The van der Waals surface area contributed by atoms with Crippen LogP contribution in [-0.4, -0.2) is 34.4 Å². The fourth-order valence-electron chi connectivity index (χ4n) is 2.49. The van der Waals surface area contributed by atoms with E-state index in [0.717, 1.165) is 0 Å². The molecular formula is C19H21ClN2O2. The number of carbonyl (C=O) groups is 2. The van der Waals surface area contributed by atoms with Gasteiger partial charge in [-0.05, 0) is 45.0 Å². The molecule has 0 radical (unpaired) electrons. The van der Waals surface area contributed by atoms with Crippen LogP contribution in [0.3, 0.4) is 0 Å². The SMILES string of the molecule is CN(C(=O)c1ccccc1Cl)N(C(=O)c1ccccc1)C(C)(C)C. The molecule has 2 rings (SSSR count). The van der Waals surface area contributed by atoms with Crippen LogP contribution in [0.1, 0.15) is 41.5 Å². The number of halogens is 1. The smallest absolute Gasteiger partial charge is 0.267 e. The van der Waals surface area contributed by atoms with Gasteiger partial charge in [-0.2, -0.15) is 0 Å². The van der Waals surface area contributed by atoms with Gasteiger partial charge in [-0.1, -0.05) is 41.9 Å². The van der Waals surface area contributed by atoms with E-state index in [9.17, 15) is 9.59 Å². The molecule has 2 aromatic rings. The zero-order chi connectivity index (χ0) is 17.9. The maximum absolute atomic E-state index is 13.0. The van der Waals surface area contributed by atoms with Gasteiger partial charge in [0.25, 0.3) is 11.8 Å². The summed E-state index contributed by atoms with van der Waals surface area (Å²) in [7, 11) is 1.58. The van der Waals surface area contributed by atoms with E-state index in [2.05, 4.69) is 0 Å². The van der Waals surface area contributed by atoms with Crippen LogP contribution in [0, 0.1) is 0 Å². The molecule has 24 heavy (non-hydrogen) atoms. The normalized spacial score (nSPS) is 11.0. The summed E-state index contributed by atoms with van der Waals surface area (Å²) < 4.78 is 0. The lowest BCUT2D eigenvalue weighted by Crippen LogP contribution is -2.56. The van der Waals surface area contributed by atoms with Crippen molar-refractivity contribution in [2.75, 3.05) is 7.05 Å². The number of amides is 2. The Bertz CT molecular complexity index is 739. The van der Waals surface area contributed by atoms with Gasteiger partial charge in [0.1, 0.15) is 0 Å². The molecule has 2 aromatic carbocycles. The fraction of sp³-hybridized carbons (Fsp3) is 0.263. The van der Waals surface area contributed by atoms with E-state index < -0.39 is 5.54 Å². The van der Waals surface area contributed by atoms with Crippen LogP contribution in [0.25, 0.3) is 0 Å². The summed E-state index contributed by atoms with van der Waals surface area (Å²) in [5.41, 5.74) is 0.293. The first-order chi connectivity index (χ1) is 11.2. The number of hydrazine groups is 1. The fourth-order valence-corrected chi connectivity index (χ4v) is 2.71. The van der Waals surface area contributed by atoms with E-state index in [1.165, 1.54) is 10.0 Å². The number of hydrogen-bond donors (Lipinski definition) is 0. The molecule has 0 N–H and O–H groups in total. The second-order valence-electron chi connectivity index (χ2n) is 6.46. The molecule has 0 saturated carbocycles. The highest BCUT2D eigenvalue weighted by atomic mass is 35.5. The molecule has 0 aliphatic heterocycles. The second kappa shape index (κ2) is 7.05. The van der Waals surface area contributed by atoms with Gasteiger partial charge in [-0.25, -0.2) is 10.0 Å². The van der Waals surface area contributed by atoms with Crippen LogP contribution in [0.4, 0.5) is 0 Å². The number of hydrogen-bond acceptors (Lipinski definition) is 2. The third-order valence-corrected chi connectivity index (χ3v) is 3.88. The van der Waals surface area contributed by atoms with Gasteiger partial charge in [-0.3, -0.25) is 9.59 Å². The average molecular weight is 345 g/mol. The first-order valence-electron chi connectivity index (χ1n) is 7.65. The van der Waals surface area contributed by atoms with E-state index in [-0.39, 0.29) is 11.8 Å². The van der Waals surface area contributed by atoms with E-state index in [4.69, 9.17) is 11.6 Å². The summed E-state index contributed by atoms with van der Waals surface area (Å²) in [6.07, 6.45) is 0. The van der Waals surface area contributed by atoms with Crippen molar-refractivity contribution < 1.29 is 9.59 Å². The standard InChI is InChI=1S/C19H21ClN2O2/c1-19(2,3)22(17(23)14-10-6-5-7-11-14)21(4)18(24)15-12-8-9-13-16(15)20/h5-13H,1-4H3. The van der Waals surface area contributed by atoms with E-state index >= 15 is 0 Å². The minimum absolute atomic E-state index is 0.244. The molecule has 0 atom stereocenters. The lowest BCUT2D eigenvalue weighted by molar-refractivity contribution is -0.0308. The van der Waals surface area contributed by atoms with E-state index in [1.807, 2.05) is 26.8 Å². The van der Waals surface area contributed by atoms with Crippen molar-refractivity contribution in [1.29, 1.82) is 0 Å². The predicted molar refractivity (Wildman–Crippen MR) is 95.9 cm³/mol. The molecule has 0 unspecified atom stereocenters. The lowest BCUT2D eigenvalue weighted by Gasteiger charge is -2.41. The van der Waals surface area contributed by atoms with Crippen LogP contribution in [0.5, 0.6) is 0 Å².